The zero-order valence-electron chi connectivity index (χ0n) is 11.3. The Morgan fingerprint density at radius 3 is 2.57 bits per heavy atom. The smallest absolute Gasteiger partial charge is 0.334 e. The number of hydrogen-bond acceptors (Lipinski definition) is 4. The second kappa shape index (κ2) is 5.51. The predicted molar refractivity (Wildman–Crippen MR) is 66.2 cm³/mol. The summed E-state index contributed by atoms with van der Waals surface area (Å²) >= 11 is 0. The lowest BCUT2D eigenvalue weighted by molar-refractivity contribution is -0.141. The number of nitrogens with zero attached hydrogens (tertiary/aromatic N) is 4. The van der Waals surface area contributed by atoms with E-state index in [1.54, 1.807) is 6.92 Å². The van der Waals surface area contributed by atoms with Gasteiger partial charge < -0.3 is 4.90 Å². The van der Waals surface area contributed by atoms with Crippen molar-refractivity contribution in [1.29, 1.82) is 0 Å². The summed E-state index contributed by atoms with van der Waals surface area (Å²) in [5.41, 5.74) is -0.968. The maximum absolute atomic E-state index is 12.4. The molecule has 0 aliphatic carbocycles. The largest absolute Gasteiger partial charge is 0.433 e. The number of amides is 1. The summed E-state index contributed by atoms with van der Waals surface area (Å²) < 4.78 is 37.2. The number of carbonyl (C=O) groups is 1. The molecule has 0 saturated heterocycles. The number of carbonyl (C=O) groups excluding carboxylic acids is 1. The third-order valence-electron chi connectivity index (χ3n) is 2.67. The van der Waals surface area contributed by atoms with Gasteiger partial charge in [-0.1, -0.05) is 0 Å². The van der Waals surface area contributed by atoms with Crippen LogP contribution in [0.5, 0.6) is 0 Å². The zero-order chi connectivity index (χ0) is 15.6. The van der Waals surface area contributed by atoms with E-state index in [2.05, 4.69) is 20.2 Å². The number of alkyl halides is 3. The molecule has 0 fully saturated rings. The first-order valence-corrected chi connectivity index (χ1v) is 5.94. The third-order valence-corrected chi connectivity index (χ3v) is 2.67. The fourth-order valence-corrected chi connectivity index (χ4v) is 1.65. The Hall–Kier alpha value is -2.45. The molecule has 0 atom stereocenters. The fourth-order valence-electron chi connectivity index (χ4n) is 1.65. The van der Waals surface area contributed by atoms with Crippen molar-refractivity contribution in [3.63, 3.8) is 0 Å². The van der Waals surface area contributed by atoms with Crippen LogP contribution in [0.4, 0.5) is 13.2 Å². The molecule has 1 N–H and O–H groups in total. The molecular formula is C12H12F3N5O. The van der Waals surface area contributed by atoms with E-state index in [1.165, 1.54) is 11.9 Å². The van der Waals surface area contributed by atoms with Gasteiger partial charge in [-0.25, -0.2) is 4.98 Å². The van der Waals surface area contributed by atoms with E-state index in [0.29, 0.717) is 11.6 Å². The van der Waals surface area contributed by atoms with Crippen molar-refractivity contribution in [3.8, 4) is 0 Å². The molecule has 21 heavy (non-hydrogen) atoms. The first-order valence-electron chi connectivity index (χ1n) is 5.94. The van der Waals surface area contributed by atoms with Crippen molar-refractivity contribution >= 4 is 5.91 Å². The molecule has 0 radical (unpaired) electrons. The number of halogens is 3. The molecule has 0 spiro atoms. The molecule has 2 aromatic heterocycles. The average Bonchev–Trinajstić information content (AvgIpc) is 2.82. The maximum atomic E-state index is 12.4. The van der Waals surface area contributed by atoms with Crippen LogP contribution in [-0.4, -0.2) is 38.0 Å². The molecule has 0 aliphatic rings. The summed E-state index contributed by atoms with van der Waals surface area (Å²) in [7, 11) is 1.51. The molecule has 0 saturated carbocycles. The highest BCUT2D eigenvalue weighted by molar-refractivity contribution is 5.93. The summed E-state index contributed by atoms with van der Waals surface area (Å²) in [6.45, 7) is 1.86. The van der Waals surface area contributed by atoms with Crippen LogP contribution in [0.1, 0.15) is 27.7 Å². The van der Waals surface area contributed by atoms with E-state index >= 15 is 0 Å². The Bertz CT molecular complexity index is 635. The third kappa shape index (κ3) is 3.56. The fraction of sp³-hybridized carbons (Fsp3) is 0.333. The molecule has 112 valence electrons. The average molecular weight is 299 g/mol. The maximum Gasteiger partial charge on any atom is 0.433 e. The van der Waals surface area contributed by atoms with Crippen molar-refractivity contribution in [2.24, 2.45) is 0 Å². The van der Waals surface area contributed by atoms with Crippen LogP contribution < -0.4 is 0 Å². The lowest BCUT2D eigenvalue weighted by atomic mass is 10.2. The van der Waals surface area contributed by atoms with E-state index in [4.69, 9.17) is 0 Å². The van der Waals surface area contributed by atoms with Crippen LogP contribution in [0.15, 0.2) is 18.3 Å². The van der Waals surface area contributed by atoms with Gasteiger partial charge >= 0.3 is 6.18 Å². The normalized spacial score (nSPS) is 11.5. The molecule has 2 aromatic rings. The molecule has 0 bridgehead atoms. The lowest BCUT2D eigenvalue weighted by Gasteiger charge is -2.15. The first kappa shape index (κ1) is 14.9. The van der Waals surface area contributed by atoms with Crippen LogP contribution in [0.2, 0.25) is 0 Å². The number of rotatable bonds is 3. The monoisotopic (exact) mass is 299 g/mol. The number of hydrogen-bond donors (Lipinski definition) is 1. The van der Waals surface area contributed by atoms with E-state index in [0.717, 1.165) is 18.3 Å². The molecule has 2 rings (SSSR count). The molecule has 6 nitrogen and oxygen atoms in total. The van der Waals surface area contributed by atoms with Crippen LogP contribution >= 0.6 is 0 Å². The molecular weight excluding hydrogens is 287 g/mol. The highest BCUT2D eigenvalue weighted by Crippen LogP contribution is 2.27. The number of aryl methyl sites for hydroxylation is 1. The van der Waals surface area contributed by atoms with E-state index in [9.17, 15) is 18.0 Å². The van der Waals surface area contributed by atoms with Gasteiger partial charge in [0.05, 0.1) is 12.1 Å². The van der Waals surface area contributed by atoms with Crippen molar-refractivity contribution in [2.45, 2.75) is 19.6 Å². The van der Waals surface area contributed by atoms with Crippen LogP contribution in [0.25, 0.3) is 0 Å². The Labute approximate surface area is 118 Å². The van der Waals surface area contributed by atoms with Gasteiger partial charge in [0.2, 0.25) is 0 Å². The standard InChI is InChI=1S/C12H12F3N5O/c1-7-17-10(19-18-7)6-20(2)11(21)8-3-4-9(16-5-8)12(13,14)15/h3-5H,6H2,1-2H3,(H,17,18,19). The Balaban J connectivity index is 2.08. The van der Waals surface area contributed by atoms with Gasteiger partial charge in [-0.05, 0) is 19.1 Å². The van der Waals surface area contributed by atoms with E-state index in [-0.39, 0.29) is 12.1 Å². The predicted octanol–water partition coefficient (Wildman–Crippen LogP) is 1.80. The highest BCUT2D eigenvalue weighted by atomic mass is 19.4. The minimum Gasteiger partial charge on any atom is -0.334 e. The molecule has 2 heterocycles. The number of aromatic nitrogens is 4. The van der Waals surface area contributed by atoms with Gasteiger partial charge in [0.1, 0.15) is 11.5 Å². The van der Waals surface area contributed by atoms with Crippen LogP contribution in [-0.2, 0) is 12.7 Å². The van der Waals surface area contributed by atoms with E-state index in [1.807, 2.05) is 0 Å². The summed E-state index contributed by atoms with van der Waals surface area (Å²) in [5, 5.41) is 6.52. The highest BCUT2D eigenvalue weighted by Gasteiger charge is 2.32. The van der Waals surface area contributed by atoms with Crippen molar-refractivity contribution in [2.75, 3.05) is 7.05 Å². The summed E-state index contributed by atoms with van der Waals surface area (Å²) in [6.07, 6.45) is -3.62. The summed E-state index contributed by atoms with van der Waals surface area (Å²) in [4.78, 5) is 20.7. The Kier molecular flexibility index (Phi) is 3.92. The second-order valence-corrected chi connectivity index (χ2v) is 4.43. The molecule has 0 aromatic carbocycles. The minimum absolute atomic E-state index is 0.0674. The Morgan fingerprint density at radius 1 is 1.38 bits per heavy atom. The topological polar surface area (TPSA) is 74.8 Å². The van der Waals surface area contributed by atoms with Crippen LogP contribution in [0.3, 0.4) is 0 Å². The van der Waals surface area contributed by atoms with Gasteiger partial charge in [0, 0.05) is 13.2 Å². The van der Waals surface area contributed by atoms with Gasteiger partial charge in [-0.15, -0.1) is 0 Å². The van der Waals surface area contributed by atoms with Gasteiger partial charge in [-0.2, -0.15) is 18.3 Å². The number of pyridine rings is 1. The number of nitrogens with one attached hydrogen (secondary N) is 1. The summed E-state index contributed by atoms with van der Waals surface area (Å²) in [6, 6.07) is 1.87. The molecule has 1 amide bonds. The van der Waals surface area contributed by atoms with Crippen LogP contribution in [0, 0.1) is 6.92 Å². The molecule has 0 aliphatic heterocycles. The van der Waals surface area contributed by atoms with Gasteiger partial charge in [-0.3, -0.25) is 14.9 Å². The van der Waals surface area contributed by atoms with Gasteiger partial charge in [0.15, 0.2) is 5.82 Å². The zero-order valence-corrected chi connectivity index (χ0v) is 11.3. The molecule has 9 heteroatoms. The summed E-state index contributed by atoms with van der Waals surface area (Å²) in [5.74, 6) is 0.573. The quantitative estimate of drug-likeness (QED) is 0.937. The Morgan fingerprint density at radius 2 is 2.10 bits per heavy atom. The van der Waals surface area contributed by atoms with Crippen molar-refractivity contribution < 1.29 is 18.0 Å². The lowest BCUT2D eigenvalue weighted by Crippen LogP contribution is -2.27. The van der Waals surface area contributed by atoms with E-state index < -0.39 is 17.8 Å². The SMILES string of the molecule is Cc1nc(CN(C)C(=O)c2ccc(C(F)(F)F)nc2)n[nH]1. The van der Waals surface area contributed by atoms with Crippen molar-refractivity contribution in [3.05, 3.63) is 41.2 Å². The van der Waals surface area contributed by atoms with Gasteiger partial charge in [0.25, 0.3) is 5.91 Å². The number of H-pyrrole nitrogens is 1. The minimum atomic E-state index is -4.52. The van der Waals surface area contributed by atoms with Crippen molar-refractivity contribution in [1.82, 2.24) is 25.1 Å². The number of aromatic amines is 1. The molecule has 0 unspecified atom stereocenters. The second-order valence-electron chi connectivity index (χ2n) is 4.43. The first-order chi connectivity index (χ1) is 9.77.